The number of ketones is 1. The summed E-state index contributed by atoms with van der Waals surface area (Å²) in [5, 5.41) is 3.19. The number of anilines is 1. The number of ether oxygens (including phenoxy) is 1. The Morgan fingerprint density at radius 3 is 2.43 bits per heavy atom. The number of fused-ring (bicyclic) bond motifs is 5. The van der Waals surface area contributed by atoms with E-state index in [1.165, 1.54) is 16.2 Å². The van der Waals surface area contributed by atoms with Gasteiger partial charge in [-0.25, -0.2) is 4.85 Å². The fraction of sp³-hybridized carbons (Fsp3) is 0.422. The molecule has 4 amide bonds. The van der Waals surface area contributed by atoms with E-state index in [2.05, 4.69) is 57.8 Å². The first-order valence-corrected chi connectivity index (χ1v) is 20.4. The summed E-state index contributed by atoms with van der Waals surface area (Å²) in [6, 6.07) is 14.8. The first-order chi connectivity index (χ1) is 27.9. The molecule has 2 N–H and O–H groups in total. The summed E-state index contributed by atoms with van der Waals surface area (Å²) in [7, 11) is 0. The highest BCUT2D eigenvalue weighted by molar-refractivity contribution is 6.20. The predicted octanol–water partition coefficient (Wildman–Crippen LogP) is 5.10. The van der Waals surface area contributed by atoms with Crippen LogP contribution in [0.3, 0.4) is 0 Å². The molecule has 13 heteroatoms. The second kappa shape index (κ2) is 14.4. The Bertz CT molecular complexity index is 2450. The van der Waals surface area contributed by atoms with Crippen molar-refractivity contribution < 1.29 is 28.7 Å². The number of aromatic amines is 1. The van der Waals surface area contributed by atoms with Gasteiger partial charge in [0.1, 0.15) is 11.8 Å². The second-order valence-electron chi connectivity index (χ2n) is 16.7. The number of carbonyl (C=O) groups excluding carboxylic acids is 5. The van der Waals surface area contributed by atoms with E-state index in [-0.39, 0.29) is 43.1 Å². The maximum Gasteiger partial charge on any atom is 0.260 e. The largest absolute Gasteiger partial charge is 0.484 e. The van der Waals surface area contributed by atoms with Gasteiger partial charge in [0.25, 0.3) is 11.8 Å². The van der Waals surface area contributed by atoms with E-state index in [1.807, 2.05) is 17.0 Å². The Kier molecular flexibility index (Phi) is 9.35. The normalized spacial score (nSPS) is 20.8. The van der Waals surface area contributed by atoms with Gasteiger partial charge in [0.05, 0.1) is 12.1 Å². The van der Waals surface area contributed by atoms with Crippen LogP contribution in [0.2, 0.25) is 0 Å². The first-order valence-electron chi connectivity index (χ1n) is 20.4. The summed E-state index contributed by atoms with van der Waals surface area (Å²) < 4.78 is 5.91. The van der Waals surface area contributed by atoms with Gasteiger partial charge in [-0.15, -0.1) is 0 Å². The smallest absolute Gasteiger partial charge is 0.260 e. The molecule has 298 valence electrons. The lowest BCUT2D eigenvalue weighted by molar-refractivity contribution is -0.137. The molecule has 58 heavy (non-hydrogen) atoms. The second-order valence-corrected chi connectivity index (χ2v) is 16.7. The van der Waals surface area contributed by atoms with Crippen LogP contribution in [0, 0.1) is 6.57 Å². The molecule has 1 aliphatic carbocycles. The number of piperidine rings is 2. The Labute approximate surface area is 337 Å². The number of imide groups is 1. The van der Waals surface area contributed by atoms with Crippen LogP contribution in [-0.4, -0.2) is 107 Å². The maximum absolute atomic E-state index is 14.1. The van der Waals surface area contributed by atoms with E-state index in [0.29, 0.717) is 48.1 Å². The van der Waals surface area contributed by atoms with Crippen LogP contribution in [0.4, 0.5) is 11.4 Å². The molecule has 3 fully saturated rings. The van der Waals surface area contributed by atoms with Crippen LogP contribution in [0.1, 0.15) is 95.1 Å². The summed E-state index contributed by atoms with van der Waals surface area (Å²) in [6.07, 6.45) is 3.34. The summed E-state index contributed by atoms with van der Waals surface area (Å²) in [6.45, 7) is 18.8. The van der Waals surface area contributed by atoms with Gasteiger partial charge in [-0.05, 0) is 78.8 Å². The Hall–Kier alpha value is -6.00. The lowest BCUT2D eigenvalue weighted by Gasteiger charge is -2.44. The fourth-order valence-electron chi connectivity index (χ4n) is 9.83. The van der Waals surface area contributed by atoms with Crippen molar-refractivity contribution in [2.75, 3.05) is 50.8 Å². The molecule has 0 spiro atoms. The minimum atomic E-state index is -0.683. The van der Waals surface area contributed by atoms with Crippen LogP contribution in [0.25, 0.3) is 15.7 Å². The van der Waals surface area contributed by atoms with Crippen LogP contribution in [-0.2, 0) is 32.8 Å². The summed E-state index contributed by atoms with van der Waals surface area (Å²) in [5.41, 5.74) is 7.97. The maximum atomic E-state index is 14.1. The fourth-order valence-corrected chi connectivity index (χ4v) is 9.83. The molecular weight excluding hydrogens is 735 g/mol. The van der Waals surface area contributed by atoms with Crippen molar-refractivity contribution in [3.63, 3.8) is 0 Å². The highest BCUT2D eigenvalue weighted by Crippen LogP contribution is 2.46. The number of aryl methyl sites for hydroxylation is 1. The number of hydrogen-bond donors (Lipinski definition) is 2. The first kappa shape index (κ1) is 37.6. The molecule has 5 aliphatic rings. The Morgan fingerprint density at radius 2 is 1.71 bits per heavy atom. The summed E-state index contributed by atoms with van der Waals surface area (Å²) >= 11 is 0. The van der Waals surface area contributed by atoms with Crippen molar-refractivity contribution in [3.05, 3.63) is 99.0 Å². The average Bonchev–Trinajstić information content (AvgIpc) is 3.79. The zero-order valence-electron chi connectivity index (χ0n) is 33.2. The number of aromatic nitrogens is 1. The highest BCUT2D eigenvalue weighted by atomic mass is 16.5. The van der Waals surface area contributed by atoms with Crippen LogP contribution in [0.5, 0.6) is 5.75 Å². The number of benzene rings is 3. The standard InChI is InChI=1S/C45H47N7O6/c1-5-26-21-33-34(45(2,3)42-40(41(33)55)32-8-6-28(46-4)22-35(32)47-42)23-37(26)50-14-12-29(13-15-50)49-16-18-51(19-17-49)39(54)25-58-30-7-9-31-27(20-30)24-52(44(31)57)36-10-11-38(53)48-43(36)56/h6-9,20-23,29,36,47H,5,10-19,24-25H2,1-3H3,(H,48,53,56). The molecule has 9 rings (SSSR count). The number of H-pyrrole nitrogens is 1. The zero-order chi connectivity index (χ0) is 40.5. The molecular formula is C45H47N7O6. The molecule has 4 aromatic rings. The van der Waals surface area contributed by atoms with Crippen molar-refractivity contribution in [3.8, 4) is 5.75 Å². The van der Waals surface area contributed by atoms with Gasteiger partial charge in [-0.2, -0.15) is 0 Å². The molecule has 0 saturated carbocycles. The zero-order valence-corrected chi connectivity index (χ0v) is 33.2. The SMILES string of the molecule is [C-]#[N+]c1ccc2c3c([nH]c2c1)C(C)(C)c1cc(N2CCC(N4CCN(C(=O)COc5ccc6c(c5)CN(C5CCC(=O)NC5=O)C6=O)CC4)CC2)c(CC)cc1C3=O. The van der Waals surface area contributed by atoms with E-state index in [4.69, 9.17) is 11.3 Å². The van der Waals surface area contributed by atoms with Gasteiger partial charge in [0.2, 0.25) is 11.8 Å². The summed E-state index contributed by atoms with van der Waals surface area (Å²) in [4.78, 5) is 79.9. The number of piperazine rings is 1. The third-order valence-electron chi connectivity index (χ3n) is 13.1. The predicted molar refractivity (Wildman–Crippen MR) is 217 cm³/mol. The molecule has 4 aliphatic heterocycles. The van der Waals surface area contributed by atoms with Gasteiger partial charge in [0, 0.05) is 97.1 Å². The van der Waals surface area contributed by atoms with Gasteiger partial charge >= 0.3 is 0 Å². The van der Waals surface area contributed by atoms with Gasteiger partial charge < -0.3 is 24.4 Å². The lowest BCUT2D eigenvalue weighted by atomic mass is 9.70. The number of nitrogens with zero attached hydrogens (tertiary/aromatic N) is 5. The van der Waals surface area contributed by atoms with E-state index in [1.54, 1.807) is 24.3 Å². The monoisotopic (exact) mass is 781 g/mol. The topological polar surface area (TPSA) is 140 Å². The van der Waals surface area contributed by atoms with Crippen LogP contribution < -0.4 is 15.0 Å². The molecule has 0 bridgehead atoms. The minimum absolute atomic E-state index is 0.0382. The molecule has 13 nitrogen and oxygen atoms in total. The number of amides is 4. The third kappa shape index (κ3) is 6.30. The van der Waals surface area contributed by atoms with E-state index in [9.17, 15) is 24.0 Å². The molecule has 0 radical (unpaired) electrons. The van der Waals surface area contributed by atoms with Gasteiger partial charge in [0.15, 0.2) is 18.1 Å². The Morgan fingerprint density at radius 1 is 0.931 bits per heavy atom. The van der Waals surface area contributed by atoms with Gasteiger partial charge in [-0.3, -0.25) is 34.2 Å². The quantitative estimate of drug-likeness (QED) is 0.195. The molecule has 3 aromatic carbocycles. The molecule has 3 saturated heterocycles. The number of hydrogen-bond acceptors (Lipinski definition) is 8. The van der Waals surface area contributed by atoms with E-state index >= 15 is 0 Å². The van der Waals surface area contributed by atoms with Crippen LogP contribution in [0.15, 0.2) is 48.5 Å². The average molecular weight is 782 g/mol. The molecule has 1 unspecified atom stereocenters. The summed E-state index contributed by atoms with van der Waals surface area (Å²) in [5.74, 6) is -0.563. The molecule has 1 aromatic heterocycles. The van der Waals surface area contributed by atoms with Gasteiger partial charge in [-0.1, -0.05) is 32.9 Å². The van der Waals surface area contributed by atoms with Crippen LogP contribution >= 0.6 is 0 Å². The molecule has 5 heterocycles. The molecule has 1 atom stereocenters. The lowest BCUT2D eigenvalue weighted by Crippen LogP contribution is -2.55. The number of nitrogens with one attached hydrogen (secondary N) is 2. The third-order valence-corrected chi connectivity index (χ3v) is 13.1. The van der Waals surface area contributed by atoms with Crippen molar-refractivity contribution in [2.45, 2.75) is 76.9 Å². The Balaban J connectivity index is 0.795. The minimum Gasteiger partial charge on any atom is -0.484 e. The number of rotatable bonds is 7. The van der Waals surface area contributed by atoms with Crippen molar-refractivity contribution in [1.82, 2.24) is 25.0 Å². The van der Waals surface area contributed by atoms with E-state index in [0.717, 1.165) is 78.7 Å². The van der Waals surface area contributed by atoms with E-state index < -0.39 is 17.4 Å². The highest BCUT2D eigenvalue weighted by Gasteiger charge is 2.42. The van der Waals surface area contributed by atoms with Crippen molar-refractivity contribution in [2.24, 2.45) is 0 Å². The number of carbonyl (C=O) groups is 5. The van der Waals surface area contributed by atoms with Crippen molar-refractivity contribution in [1.29, 1.82) is 0 Å². The van der Waals surface area contributed by atoms with Crippen molar-refractivity contribution >= 4 is 51.7 Å².